The van der Waals surface area contributed by atoms with Crippen molar-refractivity contribution in [2.75, 3.05) is 40.5 Å². The highest BCUT2D eigenvalue weighted by Crippen LogP contribution is 2.18. The SMILES string of the molecule is COCCC(=O)NCC1(COC)CCCN1.Cl. The van der Waals surface area contributed by atoms with Gasteiger partial charge in [-0.15, -0.1) is 12.4 Å². The van der Waals surface area contributed by atoms with Crippen LogP contribution in [0.1, 0.15) is 19.3 Å². The van der Waals surface area contributed by atoms with E-state index in [4.69, 9.17) is 9.47 Å². The Morgan fingerprint density at radius 1 is 1.41 bits per heavy atom. The van der Waals surface area contributed by atoms with E-state index < -0.39 is 0 Å². The van der Waals surface area contributed by atoms with Gasteiger partial charge < -0.3 is 20.1 Å². The van der Waals surface area contributed by atoms with Crippen LogP contribution in [0.2, 0.25) is 0 Å². The lowest BCUT2D eigenvalue weighted by Gasteiger charge is -2.28. The minimum Gasteiger partial charge on any atom is -0.384 e. The van der Waals surface area contributed by atoms with Gasteiger partial charge in [-0.2, -0.15) is 0 Å². The number of methoxy groups -OCH3 is 2. The summed E-state index contributed by atoms with van der Waals surface area (Å²) in [5.41, 5.74) is -0.0719. The number of carbonyl (C=O) groups is 1. The summed E-state index contributed by atoms with van der Waals surface area (Å²) in [6.45, 7) is 2.73. The molecule has 0 aliphatic carbocycles. The van der Waals surface area contributed by atoms with E-state index in [1.54, 1.807) is 14.2 Å². The number of amides is 1. The number of hydrogen-bond donors (Lipinski definition) is 2. The van der Waals surface area contributed by atoms with E-state index in [-0.39, 0.29) is 23.9 Å². The van der Waals surface area contributed by atoms with Crippen LogP contribution in [0.5, 0.6) is 0 Å². The first-order valence-corrected chi connectivity index (χ1v) is 5.72. The Bertz CT molecular complexity index is 221. The maximum absolute atomic E-state index is 11.4. The van der Waals surface area contributed by atoms with E-state index in [1.165, 1.54) is 0 Å². The van der Waals surface area contributed by atoms with Gasteiger partial charge in [-0.25, -0.2) is 0 Å². The fourth-order valence-electron chi connectivity index (χ4n) is 2.02. The molecule has 1 fully saturated rings. The highest BCUT2D eigenvalue weighted by molar-refractivity contribution is 5.85. The molecule has 17 heavy (non-hydrogen) atoms. The molecule has 0 aromatic heterocycles. The maximum atomic E-state index is 11.4. The molecule has 0 aromatic rings. The lowest BCUT2D eigenvalue weighted by atomic mass is 9.98. The molecule has 1 saturated heterocycles. The van der Waals surface area contributed by atoms with Gasteiger partial charge in [-0.1, -0.05) is 0 Å². The van der Waals surface area contributed by atoms with Crippen molar-refractivity contribution in [3.8, 4) is 0 Å². The molecule has 1 rings (SSSR count). The lowest BCUT2D eigenvalue weighted by Crippen LogP contribution is -2.53. The average molecular weight is 267 g/mol. The first kappa shape index (κ1) is 16.6. The second-order valence-electron chi connectivity index (χ2n) is 4.26. The number of ether oxygens (including phenoxy) is 2. The fourth-order valence-corrected chi connectivity index (χ4v) is 2.02. The molecule has 0 aromatic carbocycles. The molecule has 0 radical (unpaired) electrons. The number of halogens is 1. The van der Waals surface area contributed by atoms with Crippen molar-refractivity contribution in [1.82, 2.24) is 10.6 Å². The van der Waals surface area contributed by atoms with Crippen LogP contribution in [0, 0.1) is 0 Å². The summed E-state index contributed by atoms with van der Waals surface area (Å²) < 4.78 is 10.1. The Morgan fingerprint density at radius 2 is 2.18 bits per heavy atom. The summed E-state index contributed by atoms with van der Waals surface area (Å²) >= 11 is 0. The maximum Gasteiger partial charge on any atom is 0.222 e. The number of nitrogens with one attached hydrogen (secondary N) is 2. The summed E-state index contributed by atoms with van der Waals surface area (Å²) in [5, 5.41) is 6.34. The van der Waals surface area contributed by atoms with Crippen LogP contribution in [-0.2, 0) is 14.3 Å². The van der Waals surface area contributed by atoms with E-state index >= 15 is 0 Å². The van der Waals surface area contributed by atoms with Gasteiger partial charge in [0.1, 0.15) is 0 Å². The second-order valence-corrected chi connectivity index (χ2v) is 4.26. The monoisotopic (exact) mass is 266 g/mol. The molecule has 0 bridgehead atoms. The Morgan fingerprint density at radius 3 is 2.71 bits per heavy atom. The smallest absolute Gasteiger partial charge is 0.222 e. The Hall–Kier alpha value is -0.360. The molecule has 2 N–H and O–H groups in total. The van der Waals surface area contributed by atoms with Crippen molar-refractivity contribution in [3.63, 3.8) is 0 Å². The third kappa shape index (κ3) is 5.68. The van der Waals surface area contributed by atoms with Crippen LogP contribution in [0.25, 0.3) is 0 Å². The molecule has 1 amide bonds. The summed E-state index contributed by atoms with van der Waals surface area (Å²) in [6, 6.07) is 0. The Balaban J connectivity index is 0.00000256. The molecule has 1 atom stereocenters. The van der Waals surface area contributed by atoms with Gasteiger partial charge in [-0.05, 0) is 19.4 Å². The van der Waals surface area contributed by atoms with Gasteiger partial charge in [0.05, 0.1) is 18.8 Å². The largest absolute Gasteiger partial charge is 0.384 e. The molecule has 1 unspecified atom stereocenters. The van der Waals surface area contributed by atoms with E-state index in [9.17, 15) is 4.79 Å². The van der Waals surface area contributed by atoms with Gasteiger partial charge >= 0.3 is 0 Å². The third-order valence-corrected chi connectivity index (χ3v) is 2.91. The highest BCUT2D eigenvalue weighted by atomic mass is 35.5. The van der Waals surface area contributed by atoms with E-state index in [0.29, 0.717) is 26.2 Å². The second kappa shape index (κ2) is 8.69. The zero-order chi connectivity index (χ0) is 11.9. The third-order valence-electron chi connectivity index (χ3n) is 2.91. The van der Waals surface area contributed by atoms with Gasteiger partial charge in [-0.3, -0.25) is 4.79 Å². The number of rotatable bonds is 7. The molecule has 1 aliphatic rings. The fraction of sp³-hybridized carbons (Fsp3) is 0.909. The van der Waals surface area contributed by atoms with Crippen LogP contribution in [0.15, 0.2) is 0 Å². The van der Waals surface area contributed by atoms with Gasteiger partial charge in [0.15, 0.2) is 0 Å². The van der Waals surface area contributed by atoms with E-state index in [0.717, 1.165) is 19.4 Å². The number of carbonyl (C=O) groups excluding carboxylic acids is 1. The average Bonchev–Trinajstić information content (AvgIpc) is 2.73. The predicted octanol–water partition coefficient (Wildman–Crippen LogP) is 0.330. The standard InChI is InChI=1S/C11H22N2O3.ClH/c1-15-7-4-10(14)12-8-11(9-16-2)5-3-6-13-11;/h13H,3-9H2,1-2H3,(H,12,14);1H. The minimum absolute atomic E-state index is 0. The van der Waals surface area contributed by atoms with Crippen molar-refractivity contribution in [2.24, 2.45) is 0 Å². The molecule has 1 heterocycles. The lowest BCUT2D eigenvalue weighted by molar-refractivity contribution is -0.122. The Labute approximate surface area is 109 Å². The van der Waals surface area contributed by atoms with Crippen LogP contribution < -0.4 is 10.6 Å². The van der Waals surface area contributed by atoms with Gasteiger partial charge in [0.2, 0.25) is 5.91 Å². The zero-order valence-electron chi connectivity index (χ0n) is 10.6. The van der Waals surface area contributed by atoms with Crippen molar-refractivity contribution in [3.05, 3.63) is 0 Å². The van der Waals surface area contributed by atoms with E-state index in [2.05, 4.69) is 10.6 Å². The Kier molecular flexibility index (Phi) is 8.51. The van der Waals surface area contributed by atoms with Crippen molar-refractivity contribution in [1.29, 1.82) is 0 Å². The van der Waals surface area contributed by atoms with Crippen LogP contribution in [0.3, 0.4) is 0 Å². The van der Waals surface area contributed by atoms with Gasteiger partial charge in [0.25, 0.3) is 0 Å². The summed E-state index contributed by atoms with van der Waals surface area (Å²) in [7, 11) is 3.28. The van der Waals surface area contributed by atoms with E-state index in [1.807, 2.05) is 0 Å². The molecule has 5 nitrogen and oxygen atoms in total. The van der Waals surface area contributed by atoms with Crippen LogP contribution in [-0.4, -0.2) is 52.0 Å². The molecule has 0 saturated carbocycles. The molecular weight excluding hydrogens is 244 g/mol. The minimum atomic E-state index is -0.0719. The van der Waals surface area contributed by atoms with Crippen molar-refractivity contribution < 1.29 is 14.3 Å². The predicted molar refractivity (Wildman–Crippen MR) is 68.6 cm³/mol. The van der Waals surface area contributed by atoms with Gasteiger partial charge in [0, 0.05) is 27.2 Å². The molecule has 6 heteroatoms. The summed E-state index contributed by atoms with van der Waals surface area (Å²) in [5.74, 6) is 0.0334. The normalized spacial score (nSPS) is 23.2. The first-order valence-electron chi connectivity index (χ1n) is 5.72. The van der Waals surface area contributed by atoms with Crippen LogP contribution >= 0.6 is 12.4 Å². The molecular formula is C11H23ClN2O3. The molecule has 1 aliphatic heterocycles. The van der Waals surface area contributed by atoms with Crippen molar-refractivity contribution in [2.45, 2.75) is 24.8 Å². The van der Waals surface area contributed by atoms with Crippen molar-refractivity contribution >= 4 is 18.3 Å². The first-order chi connectivity index (χ1) is 7.72. The number of hydrogen-bond acceptors (Lipinski definition) is 4. The molecule has 102 valence electrons. The quantitative estimate of drug-likeness (QED) is 0.697. The topological polar surface area (TPSA) is 59.6 Å². The van der Waals surface area contributed by atoms with Crippen LogP contribution in [0.4, 0.5) is 0 Å². The highest BCUT2D eigenvalue weighted by Gasteiger charge is 2.33. The molecule has 0 spiro atoms. The summed E-state index contributed by atoms with van der Waals surface area (Å²) in [6.07, 6.45) is 2.60. The zero-order valence-corrected chi connectivity index (χ0v) is 11.4. The summed E-state index contributed by atoms with van der Waals surface area (Å²) in [4.78, 5) is 11.4.